The van der Waals surface area contributed by atoms with Crippen molar-refractivity contribution < 1.29 is 4.74 Å². The van der Waals surface area contributed by atoms with Crippen LogP contribution in [-0.2, 0) is 0 Å². The second-order valence-electron chi connectivity index (χ2n) is 4.99. The molecule has 0 heterocycles. The molecule has 110 valence electrons. The maximum Gasteiger partial charge on any atom is 0.125 e. The molecule has 4 nitrogen and oxygen atoms in total. The van der Waals surface area contributed by atoms with Crippen LogP contribution in [0.4, 0.5) is 5.69 Å². The fourth-order valence-electron chi connectivity index (χ4n) is 2.37. The lowest BCUT2D eigenvalue weighted by Crippen LogP contribution is -2.31. The highest BCUT2D eigenvalue weighted by Gasteiger charge is 2.20. The normalized spacial score (nSPS) is 13.4. The maximum absolute atomic E-state index is 8.88. The van der Waals surface area contributed by atoms with Gasteiger partial charge in [-0.25, -0.2) is 0 Å². The van der Waals surface area contributed by atoms with Crippen LogP contribution in [-0.4, -0.2) is 26.7 Å². The van der Waals surface area contributed by atoms with Crippen LogP contribution in [0, 0.1) is 11.3 Å². The van der Waals surface area contributed by atoms with E-state index in [0.29, 0.717) is 6.42 Å². The number of nitrogens with zero attached hydrogens (tertiary/aromatic N) is 2. The fourth-order valence-corrected chi connectivity index (χ4v) is 2.37. The van der Waals surface area contributed by atoms with Crippen molar-refractivity contribution in [1.29, 1.82) is 5.26 Å². The predicted molar refractivity (Wildman–Crippen MR) is 83.2 cm³/mol. The molecule has 0 fully saturated rings. The van der Waals surface area contributed by atoms with E-state index >= 15 is 0 Å². The minimum absolute atomic E-state index is 0.166. The molecule has 20 heavy (non-hydrogen) atoms. The zero-order valence-electron chi connectivity index (χ0n) is 13.1. The van der Waals surface area contributed by atoms with Gasteiger partial charge < -0.3 is 15.0 Å². The van der Waals surface area contributed by atoms with Crippen molar-refractivity contribution in [1.82, 2.24) is 5.32 Å². The van der Waals surface area contributed by atoms with Gasteiger partial charge in [0, 0.05) is 30.4 Å². The number of nitrogens with one attached hydrogen (secondary N) is 1. The van der Waals surface area contributed by atoms with Crippen molar-refractivity contribution in [2.75, 3.05) is 25.6 Å². The van der Waals surface area contributed by atoms with Crippen molar-refractivity contribution in [2.45, 2.75) is 39.3 Å². The smallest absolute Gasteiger partial charge is 0.125 e. The minimum atomic E-state index is 0.166. The summed E-state index contributed by atoms with van der Waals surface area (Å²) in [5.74, 6) is 0.881. The summed E-state index contributed by atoms with van der Waals surface area (Å²) in [6.45, 7) is 7.18. The number of methoxy groups -OCH3 is 1. The zero-order chi connectivity index (χ0) is 15.1. The number of hydrogen-bond acceptors (Lipinski definition) is 4. The van der Waals surface area contributed by atoms with Crippen LogP contribution >= 0.6 is 0 Å². The van der Waals surface area contributed by atoms with Gasteiger partial charge in [0.05, 0.1) is 19.6 Å². The highest BCUT2D eigenvalue weighted by atomic mass is 16.5. The van der Waals surface area contributed by atoms with Crippen LogP contribution in [0.15, 0.2) is 18.2 Å². The van der Waals surface area contributed by atoms with Crippen LogP contribution in [0.2, 0.25) is 0 Å². The molecule has 0 aliphatic rings. The molecule has 1 aromatic carbocycles. The average molecular weight is 275 g/mol. The lowest BCUT2D eigenvalue weighted by Gasteiger charge is -2.30. The summed E-state index contributed by atoms with van der Waals surface area (Å²) in [4.78, 5) is 2.15. The molecule has 0 radical (unpaired) electrons. The number of anilines is 1. The van der Waals surface area contributed by atoms with Crippen LogP contribution in [0.3, 0.4) is 0 Å². The van der Waals surface area contributed by atoms with E-state index in [0.717, 1.165) is 23.5 Å². The summed E-state index contributed by atoms with van der Waals surface area (Å²) in [6, 6.07) is 8.65. The van der Waals surface area contributed by atoms with Gasteiger partial charge in [-0.2, -0.15) is 5.26 Å². The first-order valence-electron chi connectivity index (χ1n) is 7.06. The zero-order valence-corrected chi connectivity index (χ0v) is 13.1. The van der Waals surface area contributed by atoms with Gasteiger partial charge in [-0.05, 0) is 32.5 Å². The van der Waals surface area contributed by atoms with Gasteiger partial charge in [-0.1, -0.05) is 13.0 Å². The van der Waals surface area contributed by atoms with Gasteiger partial charge in [0.1, 0.15) is 5.75 Å². The Morgan fingerprint density at radius 3 is 2.65 bits per heavy atom. The third kappa shape index (κ3) is 3.64. The number of ether oxygens (including phenoxy) is 1. The average Bonchev–Trinajstić information content (AvgIpc) is 2.46. The molecule has 0 spiro atoms. The molecule has 0 aromatic heterocycles. The molecule has 0 aliphatic carbocycles. The maximum atomic E-state index is 8.88. The van der Waals surface area contributed by atoms with E-state index in [9.17, 15) is 0 Å². The van der Waals surface area contributed by atoms with Crippen LogP contribution in [0.25, 0.3) is 0 Å². The minimum Gasteiger partial charge on any atom is -0.496 e. The Morgan fingerprint density at radius 2 is 2.10 bits per heavy atom. The number of rotatable bonds is 7. The Kier molecular flexibility index (Phi) is 6.33. The Labute approximate surface area is 122 Å². The van der Waals surface area contributed by atoms with E-state index in [1.807, 2.05) is 19.2 Å². The summed E-state index contributed by atoms with van der Waals surface area (Å²) in [5, 5.41) is 12.3. The van der Waals surface area contributed by atoms with Crippen molar-refractivity contribution in [3.05, 3.63) is 23.8 Å². The molecule has 2 unspecified atom stereocenters. The van der Waals surface area contributed by atoms with Gasteiger partial charge in [0.25, 0.3) is 0 Å². The Balaban J connectivity index is 3.21. The molecule has 0 bridgehead atoms. The van der Waals surface area contributed by atoms with Crippen LogP contribution in [0.1, 0.15) is 38.8 Å². The number of benzene rings is 1. The van der Waals surface area contributed by atoms with Crippen LogP contribution < -0.4 is 15.0 Å². The molecule has 4 heteroatoms. The van der Waals surface area contributed by atoms with E-state index in [2.05, 4.69) is 43.1 Å². The Morgan fingerprint density at radius 1 is 1.40 bits per heavy atom. The first-order valence-corrected chi connectivity index (χ1v) is 7.06. The van der Waals surface area contributed by atoms with E-state index in [1.165, 1.54) is 0 Å². The predicted octanol–water partition coefficient (Wildman–Crippen LogP) is 3.10. The second kappa shape index (κ2) is 7.76. The van der Waals surface area contributed by atoms with Gasteiger partial charge in [-0.15, -0.1) is 0 Å². The highest BCUT2D eigenvalue weighted by molar-refractivity contribution is 5.61. The van der Waals surface area contributed by atoms with Gasteiger partial charge in [0.15, 0.2) is 0 Å². The molecule has 1 N–H and O–H groups in total. The topological polar surface area (TPSA) is 48.3 Å². The quantitative estimate of drug-likeness (QED) is 0.830. The number of nitriles is 1. The summed E-state index contributed by atoms with van der Waals surface area (Å²) in [6.07, 6.45) is 0.503. The van der Waals surface area contributed by atoms with Crippen molar-refractivity contribution >= 4 is 5.69 Å². The lowest BCUT2D eigenvalue weighted by molar-refractivity contribution is 0.402. The van der Waals surface area contributed by atoms with Crippen LogP contribution in [0.5, 0.6) is 5.75 Å². The molecule has 0 saturated carbocycles. The first-order chi connectivity index (χ1) is 9.56. The molecular weight excluding hydrogens is 250 g/mol. The molecule has 1 rings (SSSR count). The SMILES string of the molecule is CCNC(C)c1c(OC)cccc1N(C)C(C)CC#N. The van der Waals surface area contributed by atoms with E-state index in [1.54, 1.807) is 7.11 Å². The van der Waals surface area contributed by atoms with Crippen molar-refractivity contribution in [3.63, 3.8) is 0 Å². The molecule has 0 amide bonds. The lowest BCUT2D eigenvalue weighted by atomic mass is 10.0. The summed E-state index contributed by atoms with van der Waals surface area (Å²) >= 11 is 0. The third-order valence-electron chi connectivity index (χ3n) is 3.63. The molecular formula is C16H25N3O. The standard InChI is InChI=1S/C16H25N3O/c1-6-18-13(3)16-14(8-7-9-15(16)20-5)19(4)12(2)10-11-17/h7-9,12-13,18H,6,10H2,1-5H3. The van der Waals surface area contributed by atoms with Gasteiger partial charge >= 0.3 is 0 Å². The Hall–Kier alpha value is -1.73. The summed E-state index contributed by atoms with van der Waals surface area (Å²) in [7, 11) is 3.72. The third-order valence-corrected chi connectivity index (χ3v) is 3.63. The van der Waals surface area contributed by atoms with E-state index in [-0.39, 0.29) is 12.1 Å². The first kappa shape index (κ1) is 16.3. The fraction of sp³-hybridized carbons (Fsp3) is 0.562. The van der Waals surface area contributed by atoms with Gasteiger partial charge in [0.2, 0.25) is 0 Å². The van der Waals surface area contributed by atoms with Gasteiger partial charge in [-0.3, -0.25) is 0 Å². The second-order valence-corrected chi connectivity index (χ2v) is 4.99. The molecule has 0 aliphatic heterocycles. The Bertz CT molecular complexity index is 467. The monoisotopic (exact) mass is 275 g/mol. The largest absolute Gasteiger partial charge is 0.496 e. The van der Waals surface area contributed by atoms with E-state index < -0.39 is 0 Å². The van der Waals surface area contributed by atoms with Crippen molar-refractivity contribution in [2.24, 2.45) is 0 Å². The highest BCUT2D eigenvalue weighted by Crippen LogP contribution is 2.35. The molecule has 2 atom stereocenters. The molecule has 1 aromatic rings. The summed E-state index contributed by atoms with van der Waals surface area (Å²) < 4.78 is 5.51. The van der Waals surface area contributed by atoms with E-state index in [4.69, 9.17) is 10.00 Å². The number of hydrogen-bond donors (Lipinski definition) is 1. The molecule has 0 saturated heterocycles. The van der Waals surface area contributed by atoms with Crippen molar-refractivity contribution in [3.8, 4) is 11.8 Å². The summed E-state index contributed by atoms with van der Waals surface area (Å²) in [5.41, 5.74) is 2.25.